The number of sulfonamides is 1. The predicted octanol–water partition coefficient (Wildman–Crippen LogP) is 0.542. The van der Waals surface area contributed by atoms with E-state index >= 15 is 0 Å². The van der Waals surface area contributed by atoms with Crippen molar-refractivity contribution < 1.29 is 18.3 Å². The first-order chi connectivity index (χ1) is 9.20. The third-order valence-electron chi connectivity index (χ3n) is 2.58. The lowest BCUT2D eigenvalue weighted by Crippen LogP contribution is -2.39. The number of rotatable bonds is 7. The number of benzene rings is 1. The number of hydrogen-bond donors (Lipinski definition) is 2. The average molecular weight is 300 g/mol. The van der Waals surface area contributed by atoms with Crippen LogP contribution in [0.1, 0.15) is 12.5 Å². The Morgan fingerprint density at radius 3 is 2.30 bits per heavy atom. The first-order valence-corrected chi connectivity index (χ1v) is 7.67. The summed E-state index contributed by atoms with van der Waals surface area (Å²) < 4.78 is 26.8. The molecule has 1 atom stereocenters. The molecule has 1 rings (SSSR count). The van der Waals surface area contributed by atoms with E-state index in [2.05, 4.69) is 4.72 Å². The minimum absolute atomic E-state index is 0.120. The number of carboxylic acids is 1. The van der Waals surface area contributed by atoms with Crippen LogP contribution in [-0.4, -0.2) is 51.1 Å². The molecule has 112 valence electrons. The van der Waals surface area contributed by atoms with Gasteiger partial charge >= 0.3 is 5.97 Å². The fourth-order valence-electron chi connectivity index (χ4n) is 1.88. The Kier molecular flexibility index (Phi) is 5.67. The number of nitrogens with zero attached hydrogens (tertiary/aromatic N) is 1. The first-order valence-electron chi connectivity index (χ1n) is 6.18. The maximum absolute atomic E-state index is 12.1. The third kappa shape index (κ3) is 5.28. The highest BCUT2D eigenvalue weighted by Gasteiger charge is 2.17. The van der Waals surface area contributed by atoms with Crippen LogP contribution >= 0.6 is 0 Å². The lowest BCUT2D eigenvalue weighted by Gasteiger charge is -2.18. The minimum Gasteiger partial charge on any atom is -0.481 e. The number of nitrogens with one attached hydrogen (secondary N) is 1. The number of carbonyl (C=O) groups is 1. The van der Waals surface area contributed by atoms with Crippen molar-refractivity contribution >= 4 is 16.0 Å². The van der Waals surface area contributed by atoms with E-state index in [1.807, 2.05) is 19.0 Å². The standard InChI is InChI=1S/C13H20N2O4S/c1-10(9-15(2)3)14-20(18,19)12-6-4-11(5-7-12)8-13(16)17/h4-7,10,14H,8-9H2,1-3H3,(H,16,17). The van der Waals surface area contributed by atoms with Gasteiger partial charge in [0, 0.05) is 12.6 Å². The molecule has 1 aromatic rings. The van der Waals surface area contributed by atoms with Crippen LogP contribution in [0.15, 0.2) is 29.2 Å². The Balaban J connectivity index is 2.80. The number of likely N-dealkylation sites (N-methyl/N-ethyl adjacent to an activating group) is 1. The van der Waals surface area contributed by atoms with Gasteiger partial charge in [0.05, 0.1) is 11.3 Å². The van der Waals surface area contributed by atoms with Crippen molar-refractivity contribution in [3.8, 4) is 0 Å². The summed E-state index contributed by atoms with van der Waals surface area (Å²) in [5.41, 5.74) is 0.567. The summed E-state index contributed by atoms with van der Waals surface area (Å²) in [7, 11) is 0.159. The fourth-order valence-corrected chi connectivity index (χ4v) is 3.11. The van der Waals surface area contributed by atoms with Crippen molar-refractivity contribution in [3.63, 3.8) is 0 Å². The lowest BCUT2D eigenvalue weighted by molar-refractivity contribution is -0.136. The van der Waals surface area contributed by atoms with E-state index < -0.39 is 16.0 Å². The van der Waals surface area contributed by atoms with Gasteiger partial charge in [0.25, 0.3) is 0 Å². The van der Waals surface area contributed by atoms with E-state index in [0.717, 1.165) is 0 Å². The van der Waals surface area contributed by atoms with Gasteiger partial charge in [-0.05, 0) is 38.7 Å². The highest BCUT2D eigenvalue weighted by atomic mass is 32.2. The molecule has 0 amide bonds. The van der Waals surface area contributed by atoms with Gasteiger partial charge in [-0.2, -0.15) is 0 Å². The molecule has 2 N–H and O–H groups in total. The third-order valence-corrected chi connectivity index (χ3v) is 4.19. The molecule has 0 aliphatic rings. The van der Waals surface area contributed by atoms with Crippen molar-refractivity contribution in [2.24, 2.45) is 0 Å². The Hall–Kier alpha value is -1.44. The van der Waals surface area contributed by atoms with E-state index in [9.17, 15) is 13.2 Å². The second-order valence-electron chi connectivity index (χ2n) is 5.00. The highest BCUT2D eigenvalue weighted by molar-refractivity contribution is 7.89. The molecule has 0 radical (unpaired) electrons. The summed E-state index contributed by atoms with van der Waals surface area (Å²) in [5, 5.41) is 8.66. The molecule has 1 aromatic carbocycles. The Labute approximate surface area is 119 Å². The van der Waals surface area contributed by atoms with Crippen LogP contribution in [0.3, 0.4) is 0 Å². The van der Waals surface area contributed by atoms with Crippen LogP contribution in [0.25, 0.3) is 0 Å². The normalized spacial score (nSPS) is 13.4. The second-order valence-corrected chi connectivity index (χ2v) is 6.71. The summed E-state index contributed by atoms with van der Waals surface area (Å²) in [6, 6.07) is 5.65. The molecule has 0 bridgehead atoms. The van der Waals surface area contributed by atoms with Gasteiger partial charge in [-0.1, -0.05) is 12.1 Å². The van der Waals surface area contributed by atoms with Crippen LogP contribution in [0, 0.1) is 0 Å². The second kappa shape index (κ2) is 6.83. The quantitative estimate of drug-likeness (QED) is 0.767. The molecule has 20 heavy (non-hydrogen) atoms. The molecule has 0 heterocycles. The predicted molar refractivity (Wildman–Crippen MR) is 76.1 cm³/mol. The zero-order valence-corrected chi connectivity index (χ0v) is 12.6. The van der Waals surface area contributed by atoms with Crippen LogP contribution in [-0.2, 0) is 21.2 Å². The van der Waals surface area contributed by atoms with E-state index in [-0.39, 0.29) is 17.4 Å². The van der Waals surface area contributed by atoms with E-state index in [0.29, 0.717) is 12.1 Å². The maximum atomic E-state index is 12.1. The topological polar surface area (TPSA) is 86.7 Å². The van der Waals surface area contributed by atoms with Gasteiger partial charge in [0.15, 0.2) is 0 Å². The molecule has 0 aromatic heterocycles. The largest absolute Gasteiger partial charge is 0.481 e. The van der Waals surface area contributed by atoms with Gasteiger partial charge in [-0.15, -0.1) is 0 Å². The van der Waals surface area contributed by atoms with Gasteiger partial charge in [-0.25, -0.2) is 13.1 Å². The highest BCUT2D eigenvalue weighted by Crippen LogP contribution is 2.11. The fraction of sp³-hybridized carbons (Fsp3) is 0.462. The van der Waals surface area contributed by atoms with Gasteiger partial charge in [-0.3, -0.25) is 4.79 Å². The molecule has 0 spiro atoms. The van der Waals surface area contributed by atoms with Crippen molar-refractivity contribution in [1.82, 2.24) is 9.62 Å². The van der Waals surface area contributed by atoms with E-state index in [4.69, 9.17) is 5.11 Å². The van der Waals surface area contributed by atoms with Crippen LogP contribution in [0.4, 0.5) is 0 Å². The van der Waals surface area contributed by atoms with E-state index in [1.54, 1.807) is 6.92 Å². The maximum Gasteiger partial charge on any atom is 0.307 e. The van der Waals surface area contributed by atoms with Crippen LogP contribution in [0.2, 0.25) is 0 Å². The Bertz CT molecular complexity index is 552. The average Bonchev–Trinajstić information content (AvgIpc) is 2.26. The van der Waals surface area contributed by atoms with Crippen molar-refractivity contribution in [3.05, 3.63) is 29.8 Å². The summed E-state index contributed by atoms with van der Waals surface area (Å²) in [6.07, 6.45) is -0.120. The monoisotopic (exact) mass is 300 g/mol. The minimum atomic E-state index is -3.57. The van der Waals surface area contributed by atoms with Gasteiger partial charge in [0.1, 0.15) is 0 Å². The summed E-state index contributed by atoms with van der Waals surface area (Å²) >= 11 is 0. The summed E-state index contributed by atoms with van der Waals surface area (Å²) in [5.74, 6) is -0.946. The van der Waals surface area contributed by atoms with Crippen molar-refractivity contribution in [2.45, 2.75) is 24.3 Å². The molecular formula is C13H20N2O4S. The molecule has 1 unspecified atom stereocenters. The summed E-state index contributed by atoms with van der Waals surface area (Å²) in [4.78, 5) is 12.6. The van der Waals surface area contributed by atoms with Gasteiger partial charge < -0.3 is 10.0 Å². The zero-order valence-electron chi connectivity index (χ0n) is 11.8. The molecule has 0 aliphatic carbocycles. The van der Waals surface area contributed by atoms with Crippen molar-refractivity contribution in [1.29, 1.82) is 0 Å². The Morgan fingerprint density at radius 1 is 1.30 bits per heavy atom. The number of aliphatic carboxylic acids is 1. The van der Waals surface area contributed by atoms with Crippen LogP contribution in [0.5, 0.6) is 0 Å². The molecule has 0 saturated heterocycles. The van der Waals surface area contributed by atoms with E-state index in [1.165, 1.54) is 24.3 Å². The Morgan fingerprint density at radius 2 is 1.85 bits per heavy atom. The first kappa shape index (κ1) is 16.6. The molecule has 7 heteroatoms. The molecular weight excluding hydrogens is 280 g/mol. The van der Waals surface area contributed by atoms with Crippen LogP contribution < -0.4 is 4.72 Å². The van der Waals surface area contributed by atoms with Crippen molar-refractivity contribution in [2.75, 3.05) is 20.6 Å². The zero-order chi connectivity index (χ0) is 15.3. The number of carboxylic acid groups (broad SMARTS) is 1. The molecule has 0 fully saturated rings. The smallest absolute Gasteiger partial charge is 0.307 e. The summed E-state index contributed by atoms with van der Waals surface area (Å²) in [6.45, 7) is 2.38. The molecule has 0 saturated carbocycles. The number of hydrogen-bond acceptors (Lipinski definition) is 4. The molecule has 0 aliphatic heterocycles. The lowest BCUT2D eigenvalue weighted by atomic mass is 10.2. The molecule has 6 nitrogen and oxygen atoms in total. The van der Waals surface area contributed by atoms with Gasteiger partial charge in [0.2, 0.25) is 10.0 Å². The SMILES string of the molecule is CC(CN(C)C)NS(=O)(=O)c1ccc(CC(=O)O)cc1.